The van der Waals surface area contributed by atoms with Crippen LogP contribution in [0.4, 0.5) is 0 Å². The van der Waals surface area contributed by atoms with E-state index in [-0.39, 0.29) is 6.61 Å². The molecule has 0 saturated heterocycles. The molecule has 0 unspecified atom stereocenters. The van der Waals surface area contributed by atoms with Gasteiger partial charge in [-0.15, -0.1) is 6.42 Å². The largest absolute Gasteiger partial charge is 0.401 e. The summed E-state index contributed by atoms with van der Waals surface area (Å²) in [6, 6.07) is 3.62. The van der Waals surface area contributed by atoms with Crippen molar-refractivity contribution >= 4 is 0 Å². The minimum atomic E-state index is 0.208. The van der Waals surface area contributed by atoms with Crippen LogP contribution in [0.25, 0.3) is 0 Å². The molecule has 1 aromatic rings. The Labute approximate surface area is 64.8 Å². The number of nitriles is 1. The summed E-state index contributed by atoms with van der Waals surface area (Å²) >= 11 is 0. The first kappa shape index (κ1) is 7.24. The Bertz CT molecular complexity index is 314. The van der Waals surface area contributed by atoms with Crippen LogP contribution in [0, 0.1) is 23.7 Å². The molecule has 3 nitrogen and oxygen atoms in total. The zero-order chi connectivity index (χ0) is 8.10. The van der Waals surface area contributed by atoms with Crippen LogP contribution in [0.15, 0.2) is 18.5 Å². The summed E-state index contributed by atoms with van der Waals surface area (Å²) < 4.78 is 1.42. The Hall–Kier alpha value is -1.87. The van der Waals surface area contributed by atoms with Gasteiger partial charge in [0.15, 0.2) is 6.61 Å². The minimum Gasteiger partial charge on any atom is -0.401 e. The van der Waals surface area contributed by atoms with Gasteiger partial charge in [-0.1, -0.05) is 5.92 Å². The second-order valence-electron chi connectivity index (χ2n) is 1.85. The van der Waals surface area contributed by atoms with Crippen molar-refractivity contribution in [1.82, 2.24) is 4.73 Å². The van der Waals surface area contributed by atoms with Gasteiger partial charge in [0.05, 0.1) is 11.8 Å². The lowest BCUT2D eigenvalue weighted by molar-refractivity contribution is 0.140. The van der Waals surface area contributed by atoms with Gasteiger partial charge in [-0.25, -0.2) is 0 Å². The summed E-state index contributed by atoms with van der Waals surface area (Å²) in [5, 5.41) is 8.42. The molecule has 54 valence electrons. The zero-order valence-electron chi connectivity index (χ0n) is 5.82. The minimum absolute atomic E-state index is 0.208. The predicted octanol–water partition coefficient (Wildman–Crippen LogP) is 0.422. The molecule has 0 bridgehead atoms. The van der Waals surface area contributed by atoms with E-state index in [0.717, 1.165) is 0 Å². The molecule has 0 N–H and O–H groups in total. The first-order chi connectivity index (χ1) is 5.36. The highest BCUT2D eigenvalue weighted by Gasteiger charge is 1.92. The highest BCUT2D eigenvalue weighted by molar-refractivity contribution is 5.24. The third-order valence-electron chi connectivity index (χ3n) is 1.09. The Morgan fingerprint density at radius 1 is 1.73 bits per heavy atom. The summed E-state index contributed by atoms with van der Waals surface area (Å²) in [6.07, 6.45) is 8.16. The third-order valence-corrected chi connectivity index (χ3v) is 1.09. The average Bonchev–Trinajstić information content (AvgIpc) is 2.48. The van der Waals surface area contributed by atoms with Crippen molar-refractivity contribution < 1.29 is 4.84 Å². The van der Waals surface area contributed by atoms with Crippen molar-refractivity contribution in [2.24, 2.45) is 0 Å². The number of rotatable bonds is 2. The maximum atomic E-state index is 8.42. The summed E-state index contributed by atoms with van der Waals surface area (Å²) in [5.41, 5.74) is 0.557. The zero-order valence-corrected chi connectivity index (χ0v) is 5.82. The van der Waals surface area contributed by atoms with Gasteiger partial charge in [0.1, 0.15) is 6.07 Å². The quantitative estimate of drug-likeness (QED) is 0.567. The Balaban J connectivity index is 2.62. The van der Waals surface area contributed by atoms with Gasteiger partial charge >= 0.3 is 0 Å². The van der Waals surface area contributed by atoms with Crippen LogP contribution in [0.3, 0.4) is 0 Å². The van der Waals surface area contributed by atoms with Crippen LogP contribution in [0.2, 0.25) is 0 Å². The van der Waals surface area contributed by atoms with Crippen LogP contribution in [0.5, 0.6) is 0 Å². The number of hydrogen-bond donors (Lipinski definition) is 0. The fourth-order valence-corrected chi connectivity index (χ4v) is 0.635. The Kier molecular flexibility index (Phi) is 2.20. The summed E-state index contributed by atoms with van der Waals surface area (Å²) in [5.74, 6) is 2.32. The number of terminal acetylenes is 1. The lowest BCUT2D eigenvalue weighted by Gasteiger charge is -1.99. The van der Waals surface area contributed by atoms with E-state index in [2.05, 4.69) is 5.92 Å². The van der Waals surface area contributed by atoms with Gasteiger partial charge in [-0.05, 0) is 6.07 Å². The van der Waals surface area contributed by atoms with Crippen LogP contribution in [-0.4, -0.2) is 11.3 Å². The van der Waals surface area contributed by atoms with Gasteiger partial charge < -0.3 is 4.84 Å². The van der Waals surface area contributed by atoms with Crippen molar-refractivity contribution in [1.29, 1.82) is 5.26 Å². The average molecular weight is 146 g/mol. The molecular formula is C8H6N2O. The molecule has 0 spiro atoms. The standard InChI is InChI=1S/C8H6N2O/c1-2-5-11-10-4-3-8(6-9)7-10/h1,3-4,7H,5H2. The molecule has 0 aliphatic rings. The van der Waals surface area contributed by atoms with Crippen molar-refractivity contribution in [3.05, 3.63) is 24.0 Å². The van der Waals surface area contributed by atoms with E-state index in [1.165, 1.54) is 4.73 Å². The van der Waals surface area contributed by atoms with Crippen molar-refractivity contribution in [3.8, 4) is 18.4 Å². The molecule has 3 heteroatoms. The summed E-state index contributed by atoms with van der Waals surface area (Å²) in [7, 11) is 0. The number of aromatic nitrogens is 1. The number of hydrogen-bond acceptors (Lipinski definition) is 2. The van der Waals surface area contributed by atoms with Crippen LogP contribution in [0.1, 0.15) is 5.56 Å². The first-order valence-electron chi connectivity index (χ1n) is 3.01. The molecule has 0 aromatic carbocycles. The van der Waals surface area contributed by atoms with Gasteiger partial charge in [0.25, 0.3) is 0 Å². The molecule has 0 radical (unpaired) electrons. The smallest absolute Gasteiger partial charge is 0.174 e. The van der Waals surface area contributed by atoms with E-state index in [1.807, 2.05) is 6.07 Å². The fourth-order valence-electron chi connectivity index (χ4n) is 0.635. The molecule has 0 amide bonds. The number of nitrogens with zero attached hydrogens (tertiary/aromatic N) is 2. The van der Waals surface area contributed by atoms with Gasteiger partial charge in [0, 0.05) is 6.20 Å². The van der Waals surface area contributed by atoms with Crippen LogP contribution < -0.4 is 4.84 Å². The molecule has 1 aromatic heterocycles. The third kappa shape index (κ3) is 1.77. The first-order valence-corrected chi connectivity index (χ1v) is 3.01. The SMILES string of the molecule is C#CCOn1ccc(C#N)c1. The predicted molar refractivity (Wildman–Crippen MR) is 39.4 cm³/mol. The molecule has 0 fully saturated rings. The van der Waals surface area contributed by atoms with E-state index in [1.54, 1.807) is 18.5 Å². The molecule has 11 heavy (non-hydrogen) atoms. The van der Waals surface area contributed by atoms with E-state index < -0.39 is 0 Å². The maximum Gasteiger partial charge on any atom is 0.174 e. The van der Waals surface area contributed by atoms with Crippen LogP contribution in [-0.2, 0) is 0 Å². The van der Waals surface area contributed by atoms with E-state index in [0.29, 0.717) is 5.56 Å². The molecular weight excluding hydrogens is 140 g/mol. The molecule has 0 atom stereocenters. The molecule has 0 aliphatic carbocycles. The topological polar surface area (TPSA) is 38.0 Å². The lowest BCUT2D eigenvalue weighted by atomic mass is 10.4. The Morgan fingerprint density at radius 2 is 2.55 bits per heavy atom. The monoisotopic (exact) mass is 146 g/mol. The second kappa shape index (κ2) is 3.34. The van der Waals surface area contributed by atoms with Crippen molar-refractivity contribution in [3.63, 3.8) is 0 Å². The summed E-state index contributed by atoms with van der Waals surface area (Å²) in [4.78, 5) is 4.97. The van der Waals surface area contributed by atoms with Gasteiger partial charge in [-0.2, -0.15) is 9.99 Å². The van der Waals surface area contributed by atoms with Crippen molar-refractivity contribution in [2.75, 3.05) is 6.61 Å². The van der Waals surface area contributed by atoms with E-state index in [4.69, 9.17) is 16.5 Å². The molecule has 0 saturated carbocycles. The molecule has 1 rings (SSSR count). The Morgan fingerprint density at radius 3 is 3.09 bits per heavy atom. The van der Waals surface area contributed by atoms with E-state index >= 15 is 0 Å². The van der Waals surface area contributed by atoms with E-state index in [9.17, 15) is 0 Å². The normalized spacial score (nSPS) is 8.18. The maximum absolute atomic E-state index is 8.42. The van der Waals surface area contributed by atoms with Crippen LogP contribution >= 0.6 is 0 Å². The highest BCUT2D eigenvalue weighted by atomic mass is 16.7. The second-order valence-corrected chi connectivity index (χ2v) is 1.85. The summed E-state index contributed by atoms with van der Waals surface area (Å²) in [6.45, 7) is 0.208. The fraction of sp³-hybridized carbons (Fsp3) is 0.125. The molecule has 1 heterocycles. The highest BCUT2D eigenvalue weighted by Crippen LogP contribution is 1.95. The van der Waals surface area contributed by atoms with Gasteiger partial charge in [0.2, 0.25) is 0 Å². The lowest BCUT2D eigenvalue weighted by Crippen LogP contribution is -2.08. The van der Waals surface area contributed by atoms with Gasteiger partial charge in [-0.3, -0.25) is 0 Å². The molecule has 0 aliphatic heterocycles. The van der Waals surface area contributed by atoms with Crippen molar-refractivity contribution in [2.45, 2.75) is 0 Å².